The number of nitrogens with one attached hydrogen (secondary N) is 1. The second kappa shape index (κ2) is 13.2. The van der Waals surface area contributed by atoms with E-state index >= 15 is 4.39 Å². The fraction of sp³-hybridized carbons (Fsp3) is 0.226. The van der Waals surface area contributed by atoms with Crippen molar-refractivity contribution in [3.8, 4) is 5.88 Å². The predicted molar refractivity (Wildman–Crippen MR) is 159 cm³/mol. The molecule has 1 amide bonds. The molecule has 0 spiro atoms. The van der Waals surface area contributed by atoms with E-state index in [9.17, 15) is 23.1 Å². The van der Waals surface area contributed by atoms with Crippen LogP contribution in [0.4, 0.5) is 14.5 Å². The van der Waals surface area contributed by atoms with E-state index in [0.29, 0.717) is 30.0 Å². The molecule has 1 N–H and O–H groups in total. The van der Waals surface area contributed by atoms with Crippen LogP contribution in [0.1, 0.15) is 29.0 Å². The quantitative estimate of drug-likeness (QED) is 0.0923. The van der Waals surface area contributed by atoms with Gasteiger partial charge < -0.3 is 10.1 Å². The van der Waals surface area contributed by atoms with E-state index in [4.69, 9.17) is 4.74 Å². The summed E-state index contributed by atoms with van der Waals surface area (Å²) in [6, 6.07) is 19.3. The van der Waals surface area contributed by atoms with Gasteiger partial charge in [0.25, 0.3) is 0 Å². The number of methoxy groups -OCH3 is 1. The standard InChI is InChI=1S/C31H28F2N6O4S/c1-43-28-17-12-21(18-35-28)29(20-10-13-22(32)14-11-20)30(37-38-34)31(40)36-27-9-5-8-26(33)25(27)16-15-23-19-39(23)44(41,42)24-6-3-2-4-7-24/h2-14,17-18,23,29-30H,15-16,19H2,1H3,(H,36,40)/t23?,29-,30-,39?/m0/s1. The molecule has 5 rings (SSSR count). The lowest BCUT2D eigenvalue weighted by atomic mass is 9.85. The number of hydrogen-bond donors (Lipinski definition) is 1. The molecule has 0 radical (unpaired) electrons. The summed E-state index contributed by atoms with van der Waals surface area (Å²) >= 11 is 0. The molecule has 4 atom stereocenters. The maximum Gasteiger partial charge on any atom is 0.243 e. The van der Waals surface area contributed by atoms with Crippen LogP contribution in [0.3, 0.4) is 0 Å². The molecule has 1 saturated heterocycles. The van der Waals surface area contributed by atoms with E-state index in [1.165, 1.54) is 72.2 Å². The number of sulfonamides is 1. The molecule has 1 aromatic heterocycles. The van der Waals surface area contributed by atoms with Gasteiger partial charge in [0, 0.05) is 46.9 Å². The number of amides is 1. The molecule has 1 aliphatic heterocycles. The van der Waals surface area contributed by atoms with Crippen molar-refractivity contribution in [1.82, 2.24) is 9.29 Å². The van der Waals surface area contributed by atoms with Crippen LogP contribution in [0.5, 0.6) is 5.88 Å². The fourth-order valence-corrected chi connectivity index (χ4v) is 6.75. The van der Waals surface area contributed by atoms with E-state index in [0.717, 1.165) is 0 Å². The summed E-state index contributed by atoms with van der Waals surface area (Å²) in [6.45, 7) is 0.307. The van der Waals surface area contributed by atoms with E-state index in [2.05, 4.69) is 20.3 Å². The number of anilines is 1. The van der Waals surface area contributed by atoms with E-state index in [1.54, 1.807) is 30.3 Å². The number of aromatic nitrogens is 1. The number of ether oxygens (including phenoxy) is 1. The third-order valence-electron chi connectivity index (χ3n) is 7.44. The third kappa shape index (κ3) is 6.70. The Hall–Kier alpha value is -4.84. The molecule has 10 nitrogen and oxygen atoms in total. The Morgan fingerprint density at radius 2 is 1.80 bits per heavy atom. The molecule has 4 aromatic rings. The summed E-state index contributed by atoms with van der Waals surface area (Å²) in [7, 11) is -2.21. The number of nitrogens with zero attached hydrogens (tertiary/aromatic N) is 5. The fourth-order valence-electron chi connectivity index (χ4n) is 5.12. The maximum absolute atomic E-state index is 15.1. The van der Waals surface area contributed by atoms with Crippen molar-refractivity contribution in [2.75, 3.05) is 19.0 Å². The molecule has 1 aliphatic rings. The van der Waals surface area contributed by atoms with Crippen LogP contribution >= 0.6 is 0 Å². The molecular weight excluding hydrogens is 590 g/mol. The highest BCUT2D eigenvalue weighted by molar-refractivity contribution is 7.89. The summed E-state index contributed by atoms with van der Waals surface area (Å²) in [6.07, 6.45) is 1.94. The third-order valence-corrected chi connectivity index (χ3v) is 9.37. The Morgan fingerprint density at radius 1 is 1.07 bits per heavy atom. The van der Waals surface area contributed by atoms with Gasteiger partial charge in [0.15, 0.2) is 0 Å². The van der Waals surface area contributed by atoms with E-state index in [1.807, 2.05) is 0 Å². The Labute approximate surface area is 253 Å². The highest BCUT2D eigenvalue weighted by atomic mass is 32.2. The molecule has 0 bridgehead atoms. The molecule has 13 heteroatoms. The van der Waals surface area contributed by atoms with Gasteiger partial charge in [-0.25, -0.2) is 22.2 Å². The lowest BCUT2D eigenvalue weighted by molar-refractivity contribution is -0.117. The zero-order valence-corrected chi connectivity index (χ0v) is 24.4. The molecule has 2 heterocycles. The molecular formula is C31H28F2N6O4S. The first-order valence-electron chi connectivity index (χ1n) is 13.7. The second-order valence-electron chi connectivity index (χ2n) is 10.1. The topological polar surface area (TPSA) is 137 Å². The summed E-state index contributed by atoms with van der Waals surface area (Å²) in [4.78, 5) is 21.0. The van der Waals surface area contributed by atoms with Crippen molar-refractivity contribution in [2.45, 2.75) is 35.7 Å². The van der Waals surface area contributed by atoms with Gasteiger partial charge in [-0.2, -0.15) is 4.31 Å². The molecule has 1 fully saturated rings. The Bertz CT molecular complexity index is 1780. The minimum absolute atomic E-state index is 0.143. The SMILES string of the molecule is COc1ccc([C@H](c2ccc(F)cc2)[C@H](N=[N+]=[N-])C(=O)Nc2cccc(F)c2CCC2CN2S(=O)(=O)c2ccccc2)cn1. The predicted octanol–water partition coefficient (Wildman–Crippen LogP) is 5.82. The van der Waals surface area contributed by atoms with Gasteiger partial charge in [-0.1, -0.05) is 47.6 Å². The number of halogens is 2. The summed E-state index contributed by atoms with van der Waals surface area (Å²) in [5.74, 6) is -2.33. The number of rotatable bonds is 12. The normalized spacial score (nSPS) is 17.2. The summed E-state index contributed by atoms with van der Waals surface area (Å²) in [5.41, 5.74) is 10.7. The van der Waals surface area contributed by atoms with Crippen LogP contribution in [0.2, 0.25) is 0 Å². The molecule has 0 saturated carbocycles. The zero-order valence-electron chi connectivity index (χ0n) is 23.5. The minimum Gasteiger partial charge on any atom is -0.481 e. The molecule has 226 valence electrons. The first kappa shape index (κ1) is 30.6. The minimum atomic E-state index is -3.66. The summed E-state index contributed by atoms with van der Waals surface area (Å²) in [5, 5.41) is 6.50. The van der Waals surface area contributed by atoms with Crippen LogP contribution in [0.25, 0.3) is 10.4 Å². The monoisotopic (exact) mass is 618 g/mol. The Balaban J connectivity index is 1.38. The number of carbonyl (C=O) groups excluding carboxylic acids is 1. The van der Waals surface area contributed by atoms with Gasteiger partial charge in [-0.3, -0.25) is 4.79 Å². The Kier molecular flexibility index (Phi) is 9.19. The van der Waals surface area contributed by atoms with Crippen molar-refractivity contribution in [3.05, 3.63) is 130 Å². The van der Waals surface area contributed by atoms with Crippen LogP contribution < -0.4 is 10.1 Å². The van der Waals surface area contributed by atoms with Gasteiger partial charge in [-0.05, 0) is 65.9 Å². The number of carbonyl (C=O) groups is 1. The number of benzene rings is 3. The molecule has 3 aromatic carbocycles. The van der Waals surface area contributed by atoms with Crippen LogP contribution in [0, 0.1) is 11.6 Å². The largest absolute Gasteiger partial charge is 0.481 e. The average Bonchev–Trinajstić information content (AvgIpc) is 3.83. The van der Waals surface area contributed by atoms with Crippen LogP contribution in [-0.4, -0.2) is 49.4 Å². The highest BCUT2D eigenvalue weighted by Gasteiger charge is 2.44. The van der Waals surface area contributed by atoms with Crippen LogP contribution in [0.15, 0.2) is 101 Å². The zero-order chi connectivity index (χ0) is 31.3. The van der Waals surface area contributed by atoms with Gasteiger partial charge in [-0.15, -0.1) is 0 Å². The van der Waals surface area contributed by atoms with Crippen LogP contribution in [-0.2, 0) is 21.2 Å². The first-order valence-corrected chi connectivity index (χ1v) is 15.1. The smallest absolute Gasteiger partial charge is 0.243 e. The van der Waals surface area contributed by atoms with Gasteiger partial charge in [0.05, 0.1) is 12.0 Å². The number of pyridine rings is 1. The lowest BCUT2D eigenvalue weighted by Gasteiger charge is -2.24. The van der Waals surface area contributed by atoms with Crippen molar-refractivity contribution in [1.29, 1.82) is 0 Å². The van der Waals surface area contributed by atoms with E-state index < -0.39 is 39.5 Å². The lowest BCUT2D eigenvalue weighted by Crippen LogP contribution is -2.33. The number of hydrogen-bond acceptors (Lipinski definition) is 6. The second-order valence-corrected chi connectivity index (χ2v) is 12.0. The van der Waals surface area contributed by atoms with Gasteiger partial charge in [0.2, 0.25) is 21.8 Å². The first-order chi connectivity index (χ1) is 21.2. The van der Waals surface area contributed by atoms with Gasteiger partial charge >= 0.3 is 0 Å². The average molecular weight is 619 g/mol. The molecule has 0 aliphatic carbocycles. The maximum atomic E-state index is 15.1. The van der Waals surface area contributed by atoms with Gasteiger partial charge in [0.1, 0.15) is 17.7 Å². The van der Waals surface area contributed by atoms with Crippen molar-refractivity contribution in [2.24, 2.45) is 5.11 Å². The highest BCUT2D eigenvalue weighted by Crippen LogP contribution is 2.34. The molecule has 2 unspecified atom stereocenters. The number of azide groups is 1. The molecule has 44 heavy (non-hydrogen) atoms. The van der Waals surface area contributed by atoms with Crippen molar-refractivity contribution in [3.63, 3.8) is 0 Å². The summed E-state index contributed by atoms with van der Waals surface area (Å²) < 4.78 is 61.2. The Morgan fingerprint density at radius 3 is 2.45 bits per heavy atom. The van der Waals surface area contributed by atoms with E-state index in [-0.39, 0.29) is 28.6 Å². The van der Waals surface area contributed by atoms with Crippen molar-refractivity contribution < 1.29 is 26.7 Å². The van der Waals surface area contributed by atoms with Crippen molar-refractivity contribution >= 4 is 21.6 Å².